The predicted molar refractivity (Wildman–Crippen MR) is 59.6 cm³/mol. The summed E-state index contributed by atoms with van der Waals surface area (Å²) < 4.78 is 0. The first-order valence-corrected chi connectivity index (χ1v) is 5.42. The molecule has 1 aromatic rings. The molecule has 0 N–H and O–H groups in total. The quantitative estimate of drug-likeness (QED) is 0.639. The van der Waals surface area contributed by atoms with Gasteiger partial charge in [0.2, 0.25) is 0 Å². The van der Waals surface area contributed by atoms with Gasteiger partial charge >= 0.3 is 0 Å². The van der Waals surface area contributed by atoms with E-state index in [0.29, 0.717) is 5.92 Å². The number of hydrogen-bond donors (Lipinski definition) is 0. The van der Waals surface area contributed by atoms with Crippen LogP contribution in [0.25, 0.3) is 0 Å². The highest BCUT2D eigenvalue weighted by Crippen LogP contribution is 2.15. The van der Waals surface area contributed by atoms with Gasteiger partial charge in [-0.3, -0.25) is 0 Å². The Bertz CT molecular complexity index is 236. The minimum absolute atomic E-state index is 0.627. The zero-order valence-electron chi connectivity index (χ0n) is 8.39. The van der Waals surface area contributed by atoms with E-state index >= 15 is 0 Å². The maximum Gasteiger partial charge on any atom is 0.0226 e. The van der Waals surface area contributed by atoms with Crippen LogP contribution in [0.15, 0.2) is 24.3 Å². The summed E-state index contributed by atoms with van der Waals surface area (Å²) in [5.74, 6) is 1.38. The van der Waals surface area contributed by atoms with Crippen LogP contribution in [0.4, 0.5) is 0 Å². The zero-order chi connectivity index (χ0) is 9.68. The summed E-state index contributed by atoms with van der Waals surface area (Å²) in [6.45, 7) is 4.43. The minimum Gasteiger partial charge on any atom is -0.127 e. The molecule has 13 heavy (non-hydrogen) atoms. The van der Waals surface area contributed by atoms with Gasteiger partial charge in [-0.2, -0.15) is 0 Å². The molecule has 0 aliphatic carbocycles. The van der Waals surface area contributed by atoms with E-state index < -0.39 is 0 Å². The third kappa shape index (κ3) is 3.40. The van der Waals surface area contributed by atoms with Crippen molar-refractivity contribution in [2.45, 2.75) is 32.6 Å². The lowest BCUT2D eigenvalue weighted by molar-refractivity contribution is 0.861. The molecule has 0 aromatic heterocycles. The van der Waals surface area contributed by atoms with Gasteiger partial charge in [0.05, 0.1) is 0 Å². The second-order valence-corrected chi connectivity index (χ2v) is 4.07. The van der Waals surface area contributed by atoms with Crippen LogP contribution in [0.1, 0.15) is 37.3 Å². The average molecular weight is 197 g/mol. The summed E-state index contributed by atoms with van der Waals surface area (Å²) in [6.07, 6.45) is 2.17. The highest BCUT2D eigenvalue weighted by molar-refractivity contribution is 6.17. The average Bonchev–Trinajstić information content (AvgIpc) is 2.15. The molecule has 0 radical (unpaired) electrons. The fraction of sp³-hybridized carbons (Fsp3) is 0.500. The van der Waals surface area contributed by atoms with Crippen LogP contribution >= 0.6 is 11.6 Å². The Morgan fingerprint density at radius 2 is 1.77 bits per heavy atom. The molecule has 0 aliphatic heterocycles. The number of hydrogen-bond acceptors (Lipinski definition) is 0. The van der Waals surface area contributed by atoms with E-state index in [0.717, 1.165) is 18.7 Å². The molecule has 0 amide bonds. The van der Waals surface area contributed by atoms with E-state index in [1.54, 1.807) is 0 Å². The molecule has 1 heteroatoms. The van der Waals surface area contributed by atoms with E-state index in [9.17, 15) is 0 Å². The third-order valence-electron chi connectivity index (χ3n) is 2.25. The summed E-state index contributed by atoms with van der Waals surface area (Å²) in [4.78, 5) is 0. The van der Waals surface area contributed by atoms with Crippen LogP contribution < -0.4 is 0 Å². The van der Waals surface area contributed by atoms with E-state index in [4.69, 9.17) is 11.6 Å². The first kappa shape index (κ1) is 10.6. The van der Waals surface area contributed by atoms with Gasteiger partial charge in [0.1, 0.15) is 0 Å². The van der Waals surface area contributed by atoms with Crippen molar-refractivity contribution in [1.82, 2.24) is 0 Å². The SMILES string of the molecule is CC(C)c1ccc(CCCCl)cc1. The van der Waals surface area contributed by atoms with Gasteiger partial charge in [0.15, 0.2) is 0 Å². The lowest BCUT2D eigenvalue weighted by Gasteiger charge is -2.06. The third-order valence-corrected chi connectivity index (χ3v) is 2.51. The molecule has 0 saturated carbocycles. The fourth-order valence-corrected chi connectivity index (χ4v) is 1.47. The molecular weight excluding hydrogens is 180 g/mol. The van der Waals surface area contributed by atoms with Crippen LogP contribution in [0.5, 0.6) is 0 Å². The molecule has 0 saturated heterocycles. The molecule has 1 rings (SSSR count). The largest absolute Gasteiger partial charge is 0.127 e. The van der Waals surface area contributed by atoms with Crippen molar-refractivity contribution in [3.8, 4) is 0 Å². The van der Waals surface area contributed by atoms with Crippen molar-refractivity contribution >= 4 is 11.6 Å². The van der Waals surface area contributed by atoms with Gasteiger partial charge in [-0.25, -0.2) is 0 Å². The molecule has 0 nitrogen and oxygen atoms in total. The van der Waals surface area contributed by atoms with E-state index in [1.165, 1.54) is 11.1 Å². The number of benzene rings is 1. The Kier molecular flexibility index (Phi) is 4.31. The topological polar surface area (TPSA) is 0 Å². The van der Waals surface area contributed by atoms with Gasteiger partial charge in [-0.1, -0.05) is 38.1 Å². The summed E-state index contributed by atoms with van der Waals surface area (Å²) in [7, 11) is 0. The molecule has 0 fully saturated rings. The Morgan fingerprint density at radius 1 is 1.15 bits per heavy atom. The van der Waals surface area contributed by atoms with Gasteiger partial charge in [-0.05, 0) is 29.9 Å². The number of aryl methyl sites for hydroxylation is 1. The second-order valence-electron chi connectivity index (χ2n) is 3.69. The van der Waals surface area contributed by atoms with Crippen molar-refractivity contribution in [2.24, 2.45) is 0 Å². The van der Waals surface area contributed by atoms with Crippen LogP contribution in [0.2, 0.25) is 0 Å². The van der Waals surface area contributed by atoms with E-state index in [2.05, 4.69) is 38.1 Å². The molecule has 0 atom stereocenters. The molecular formula is C12H17Cl. The molecule has 0 spiro atoms. The van der Waals surface area contributed by atoms with Gasteiger partial charge in [-0.15, -0.1) is 11.6 Å². The van der Waals surface area contributed by atoms with Crippen LogP contribution in [-0.2, 0) is 6.42 Å². The summed E-state index contributed by atoms with van der Waals surface area (Å²) >= 11 is 5.63. The minimum atomic E-state index is 0.627. The number of halogens is 1. The molecule has 0 aliphatic rings. The molecule has 0 bridgehead atoms. The number of alkyl halides is 1. The van der Waals surface area contributed by atoms with Crippen LogP contribution in [-0.4, -0.2) is 5.88 Å². The van der Waals surface area contributed by atoms with Gasteiger partial charge in [0.25, 0.3) is 0 Å². The first-order valence-electron chi connectivity index (χ1n) is 4.89. The van der Waals surface area contributed by atoms with Crippen LogP contribution in [0, 0.1) is 0 Å². The first-order chi connectivity index (χ1) is 6.24. The second kappa shape index (κ2) is 5.29. The highest BCUT2D eigenvalue weighted by atomic mass is 35.5. The van der Waals surface area contributed by atoms with Crippen LogP contribution in [0.3, 0.4) is 0 Å². The highest BCUT2D eigenvalue weighted by Gasteiger charge is 1.98. The Labute approximate surface area is 85.9 Å². The maximum absolute atomic E-state index is 5.63. The van der Waals surface area contributed by atoms with E-state index in [1.807, 2.05) is 0 Å². The summed E-state index contributed by atoms with van der Waals surface area (Å²) in [6, 6.07) is 8.85. The monoisotopic (exact) mass is 196 g/mol. The standard InChI is InChI=1S/C12H17Cl/c1-10(2)12-7-5-11(6-8-12)4-3-9-13/h5-8,10H,3-4,9H2,1-2H3. The molecule has 0 heterocycles. The fourth-order valence-electron chi connectivity index (χ4n) is 1.34. The van der Waals surface area contributed by atoms with Gasteiger partial charge in [0, 0.05) is 5.88 Å². The smallest absolute Gasteiger partial charge is 0.0226 e. The predicted octanol–water partition coefficient (Wildman–Crippen LogP) is 3.98. The Balaban J connectivity index is 2.59. The molecule has 0 unspecified atom stereocenters. The van der Waals surface area contributed by atoms with Crippen molar-refractivity contribution in [1.29, 1.82) is 0 Å². The lowest BCUT2D eigenvalue weighted by atomic mass is 10.0. The normalized spacial score (nSPS) is 10.8. The van der Waals surface area contributed by atoms with E-state index in [-0.39, 0.29) is 0 Å². The molecule has 1 aromatic carbocycles. The van der Waals surface area contributed by atoms with Crippen molar-refractivity contribution in [3.63, 3.8) is 0 Å². The Hall–Kier alpha value is -0.490. The van der Waals surface area contributed by atoms with Crippen molar-refractivity contribution in [2.75, 3.05) is 5.88 Å². The van der Waals surface area contributed by atoms with Crippen molar-refractivity contribution in [3.05, 3.63) is 35.4 Å². The van der Waals surface area contributed by atoms with Crippen molar-refractivity contribution < 1.29 is 0 Å². The summed E-state index contributed by atoms with van der Waals surface area (Å²) in [5.41, 5.74) is 2.81. The van der Waals surface area contributed by atoms with Gasteiger partial charge < -0.3 is 0 Å². The maximum atomic E-state index is 5.63. The summed E-state index contributed by atoms with van der Waals surface area (Å²) in [5, 5.41) is 0. The zero-order valence-corrected chi connectivity index (χ0v) is 9.14. The molecule has 72 valence electrons. The number of rotatable bonds is 4. The Morgan fingerprint density at radius 3 is 2.23 bits per heavy atom. The lowest BCUT2D eigenvalue weighted by Crippen LogP contribution is -1.89.